The third kappa shape index (κ3) is 2.49. The molecule has 1 amide bonds. The average molecular weight is 275 g/mol. The van der Waals surface area contributed by atoms with Crippen molar-refractivity contribution in [1.82, 2.24) is 15.5 Å². The molecule has 0 bridgehead atoms. The fraction of sp³-hybridized carbons (Fsp3) is 0.667. The van der Waals surface area contributed by atoms with Crippen LogP contribution in [-0.2, 0) is 10.3 Å². The smallest absolute Gasteiger partial charge is 0.230 e. The summed E-state index contributed by atoms with van der Waals surface area (Å²) in [5.74, 6) is 1.66. The van der Waals surface area contributed by atoms with Crippen LogP contribution in [0.4, 0.5) is 0 Å². The first-order valence-corrected chi connectivity index (χ1v) is 7.47. The molecule has 2 aliphatic carbocycles. The van der Waals surface area contributed by atoms with Gasteiger partial charge in [-0.2, -0.15) is 4.98 Å². The lowest BCUT2D eigenvalue weighted by Crippen LogP contribution is -2.47. The summed E-state index contributed by atoms with van der Waals surface area (Å²) >= 11 is 0. The van der Waals surface area contributed by atoms with Gasteiger partial charge in [0, 0.05) is 12.8 Å². The predicted molar refractivity (Wildman–Crippen MR) is 74.0 cm³/mol. The second-order valence-corrected chi connectivity index (χ2v) is 5.92. The summed E-state index contributed by atoms with van der Waals surface area (Å²) in [5, 5.41) is 7.26. The highest BCUT2D eigenvalue weighted by Crippen LogP contribution is 2.37. The van der Waals surface area contributed by atoms with Crippen molar-refractivity contribution >= 4 is 5.91 Å². The van der Waals surface area contributed by atoms with Gasteiger partial charge in [0.1, 0.15) is 5.54 Å². The lowest BCUT2D eigenvalue weighted by atomic mass is 9.81. The first kappa shape index (κ1) is 13.3. The van der Waals surface area contributed by atoms with Crippen LogP contribution in [0.3, 0.4) is 0 Å². The van der Waals surface area contributed by atoms with E-state index in [4.69, 9.17) is 4.52 Å². The van der Waals surface area contributed by atoms with Crippen molar-refractivity contribution in [2.24, 2.45) is 0 Å². The normalized spacial score (nSPS) is 22.1. The van der Waals surface area contributed by atoms with E-state index in [1.807, 2.05) is 0 Å². The Labute approximate surface area is 118 Å². The van der Waals surface area contributed by atoms with Gasteiger partial charge in [0.15, 0.2) is 5.82 Å². The molecule has 5 heteroatoms. The Morgan fingerprint density at radius 2 is 2.00 bits per heavy atom. The summed E-state index contributed by atoms with van der Waals surface area (Å²) in [7, 11) is 0. The molecular weight excluding hydrogens is 254 g/mol. The van der Waals surface area contributed by atoms with E-state index in [0.29, 0.717) is 17.6 Å². The number of hydrogen-bond donors (Lipinski definition) is 1. The van der Waals surface area contributed by atoms with Gasteiger partial charge in [-0.25, -0.2) is 0 Å². The van der Waals surface area contributed by atoms with E-state index in [-0.39, 0.29) is 5.91 Å². The Hall–Kier alpha value is -1.65. The van der Waals surface area contributed by atoms with Crippen LogP contribution in [0.25, 0.3) is 0 Å². The number of amides is 1. The van der Waals surface area contributed by atoms with Crippen LogP contribution in [0.2, 0.25) is 0 Å². The number of nitrogens with one attached hydrogen (secondary N) is 1. The minimum atomic E-state index is -0.419. The van der Waals surface area contributed by atoms with Crippen molar-refractivity contribution in [1.29, 1.82) is 0 Å². The van der Waals surface area contributed by atoms with Gasteiger partial charge in [-0.05, 0) is 25.7 Å². The van der Waals surface area contributed by atoms with Crippen molar-refractivity contribution in [2.45, 2.75) is 63.3 Å². The van der Waals surface area contributed by atoms with E-state index in [0.717, 1.165) is 38.5 Å². The molecule has 1 heterocycles. The van der Waals surface area contributed by atoms with E-state index in [1.165, 1.54) is 6.42 Å². The van der Waals surface area contributed by atoms with E-state index in [1.54, 1.807) is 6.92 Å². The minimum Gasteiger partial charge on any atom is -0.343 e. The molecule has 1 saturated carbocycles. The maximum absolute atomic E-state index is 11.5. The van der Waals surface area contributed by atoms with Crippen LogP contribution in [0.5, 0.6) is 0 Å². The summed E-state index contributed by atoms with van der Waals surface area (Å²) in [6, 6.07) is 0. The topological polar surface area (TPSA) is 68.0 Å². The summed E-state index contributed by atoms with van der Waals surface area (Å²) < 4.78 is 5.46. The number of rotatable bonds is 3. The van der Waals surface area contributed by atoms with Crippen molar-refractivity contribution < 1.29 is 9.32 Å². The first-order chi connectivity index (χ1) is 9.70. The highest BCUT2D eigenvalue weighted by Gasteiger charge is 2.39. The lowest BCUT2D eigenvalue weighted by Gasteiger charge is -2.34. The van der Waals surface area contributed by atoms with Crippen LogP contribution in [0, 0.1) is 0 Å². The van der Waals surface area contributed by atoms with Crippen LogP contribution in [-0.4, -0.2) is 16.0 Å². The quantitative estimate of drug-likeness (QED) is 0.861. The molecule has 0 saturated heterocycles. The summed E-state index contributed by atoms with van der Waals surface area (Å²) in [6.45, 7) is 1.55. The Morgan fingerprint density at radius 1 is 1.30 bits per heavy atom. The van der Waals surface area contributed by atoms with E-state index in [9.17, 15) is 4.79 Å². The summed E-state index contributed by atoms with van der Waals surface area (Å²) in [6.07, 6.45) is 11.4. The number of allylic oxidation sites excluding steroid dienone is 2. The highest BCUT2D eigenvalue weighted by molar-refractivity contribution is 5.74. The molecule has 2 aliphatic rings. The van der Waals surface area contributed by atoms with Gasteiger partial charge in [0.05, 0.1) is 0 Å². The molecule has 5 nitrogen and oxygen atoms in total. The zero-order chi connectivity index (χ0) is 14.0. The number of nitrogens with zero attached hydrogens (tertiary/aromatic N) is 2. The van der Waals surface area contributed by atoms with Gasteiger partial charge in [-0.1, -0.05) is 36.6 Å². The Morgan fingerprint density at radius 3 is 2.65 bits per heavy atom. The lowest BCUT2D eigenvalue weighted by molar-refractivity contribution is -0.121. The molecule has 0 radical (unpaired) electrons. The summed E-state index contributed by atoms with van der Waals surface area (Å²) in [4.78, 5) is 16.2. The van der Waals surface area contributed by atoms with Crippen molar-refractivity contribution in [3.05, 3.63) is 23.9 Å². The molecule has 1 fully saturated rings. The largest absolute Gasteiger partial charge is 0.343 e. The summed E-state index contributed by atoms with van der Waals surface area (Å²) in [5.41, 5.74) is -0.419. The molecule has 0 spiro atoms. The fourth-order valence-electron chi connectivity index (χ4n) is 3.31. The molecule has 3 rings (SSSR count). The Balaban J connectivity index is 1.85. The monoisotopic (exact) mass is 275 g/mol. The molecular formula is C15H21N3O2. The first-order valence-electron chi connectivity index (χ1n) is 7.47. The zero-order valence-electron chi connectivity index (χ0n) is 11.9. The number of hydrogen-bond acceptors (Lipinski definition) is 4. The van der Waals surface area contributed by atoms with Gasteiger partial charge in [0.2, 0.25) is 11.8 Å². The van der Waals surface area contributed by atoms with Gasteiger partial charge in [-0.15, -0.1) is 0 Å². The Kier molecular flexibility index (Phi) is 3.59. The molecule has 0 unspecified atom stereocenters. The zero-order valence-corrected chi connectivity index (χ0v) is 11.9. The molecule has 1 aromatic rings. The molecule has 108 valence electrons. The van der Waals surface area contributed by atoms with E-state index < -0.39 is 5.54 Å². The van der Waals surface area contributed by atoms with Crippen LogP contribution < -0.4 is 5.32 Å². The van der Waals surface area contributed by atoms with Crippen molar-refractivity contribution in [2.75, 3.05) is 0 Å². The van der Waals surface area contributed by atoms with E-state index >= 15 is 0 Å². The van der Waals surface area contributed by atoms with E-state index in [2.05, 4.69) is 27.6 Å². The second kappa shape index (κ2) is 5.38. The van der Waals surface area contributed by atoms with Gasteiger partial charge >= 0.3 is 0 Å². The predicted octanol–water partition coefficient (Wildman–Crippen LogP) is 2.80. The van der Waals surface area contributed by atoms with Crippen LogP contribution in [0.1, 0.15) is 69.5 Å². The third-order valence-electron chi connectivity index (χ3n) is 4.35. The fourth-order valence-corrected chi connectivity index (χ4v) is 3.31. The molecule has 0 atom stereocenters. The van der Waals surface area contributed by atoms with Gasteiger partial charge < -0.3 is 9.84 Å². The maximum Gasteiger partial charge on any atom is 0.230 e. The Bertz CT molecular complexity index is 507. The van der Waals surface area contributed by atoms with Crippen molar-refractivity contribution in [3.8, 4) is 0 Å². The second-order valence-electron chi connectivity index (χ2n) is 5.92. The highest BCUT2D eigenvalue weighted by atomic mass is 16.5. The average Bonchev–Trinajstić information content (AvgIpc) is 3.10. The number of carbonyl (C=O) groups excluding carboxylic acids is 1. The number of carbonyl (C=O) groups is 1. The van der Waals surface area contributed by atoms with Crippen LogP contribution in [0.15, 0.2) is 16.7 Å². The SMILES string of the molecule is CC(=O)NC1(c2noc(C3CC=CC3)n2)CCCCC1. The van der Waals surface area contributed by atoms with Gasteiger partial charge in [-0.3, -0.25) is 4.79 Å². The standard InChI is InChI=1S/C15H21N3O2/c1-11(19)17-15(9-5-2-6-10-15)14-16-13(20-18-14)12-7-3-4-8-12/h3-4,12H,2,5-10H2,1H3,(H,17,19). The maximum atomic E-state index is 11.5. The molecule has 0 aromatic carbocycles. The number of aromatic nitrogens is 2. The minimum absolute atomic E-state index is 0.0271. The van der Waals surface area contributed by atoms with Crippen LogP contribution >= 0.6 is 0 Å². The molecule has 0 aliphatic heterocycles. The third-order valence-corrected chi connectivity index (χ3v) is 4.35. The molecule has 20 heavy (non-hydrogen) atoms. The van der Waals surface area contributed by atoms with Crippen molar-refractivity contribution in [3.63, 3.8) is 0 Å². The van der Waals surface area contributed by atoms with Gasteiger partial charge in [0.25, 0.3) is 0 Å². The molecule has 1 aromatic heterocycles. The molecule has 1 N–H and O–H groups in total.